The summed E-state index contributed by atoms with van der Waals surface area (Å²) in [6.07, 6.45) is 9.41. The van der Waals surface area contributed by atoms with E-state index in [1.807, 2.05) is 12.3 Å². The van der Waals surface area contributed by atoms with Crippen LogP contribution in [0.15, 0.2) is 23.3 Å². The molecule has 2 fully saturated rings. The summed E-state index contributed by atoms with van der Waals surface area (Å²) < 4.78 is 7.35. The standard InChI is InChI=1S/C17H22N4O2/c22-16-14-11-18-17(20-7-2-1-3-8-20)19-15(14)6-9-21(16)12-13-5-4-10-23-13/h6,9,11,13H,1-5,7-8,10,12H2/t13-/m0/s1. The first-order valence-corrected chi connectivity index (χ1v) is 8.54. The Morgan fingerprint density at radius 3 is 2.87 bits per heavy atom. The molecule has 0 radical (unpaired) electrons. The second kappa shape index (κ2) is 6.28. The van der Waals surface area contributed by atoms with E-state index in [1.54, 1.807) is 10.8 Å². The zero-order valence-corrected chi connectivity index (χ0v) is 13.3. The molecule has 2 aliphatic rings. The molecule has 0 unspecified atom stereocenters. The molecule has 0 amide bonds. The number of piperidine rings is 1. The summed E-state index contributed by atoms with van der Waals surface area (Å²) in [6.45, 7) is 3.42. The van der Waals surface area contributed by atoms with Gasteiger partial charge in [0.2, 0.25) is 5.95 Å². The molecule has 0 N–H and O–H groups in total. The number of anilines is 1. The average Bonchev–Trinajstić information content (AvgIpc) is 3.11. The Bertz CT molecular complexity index is 746. The normalized spacial score (nSPS) is 21.9. The highest BCUT2D eigenvalue weighted by Gasteiger charge is 2.18. The van der Waals surface area contributed by atoms with Crippen LogP contribution in [-0.2, 0) is 11.3 Å². The number of pyridine rings is 1. The topological polar surface area (TPSA) is 60.2 Å². The summed E-state index contributed by atoms with van der Waals surface area (Å²) in [4.78, 5) is 23.9. The van der Waals surface area contributed by atoms with Crippen molar-refractivity contribution in [2.45, 2.75) is 44.8 Å². The SMILES string of the molecule is O=c1c2cnc(N3CCCCC3)nc2ccn1C[C@@H]1CCCO1. The lowest BCUT2D eigenvalue weighted by atomic mass is 10.1. The predicted molar refractivity (Wildman–Crippen MR) is 88.8 cm³/mol. The Balaban J connectivity index is 1.63. The van der Waals surface area contributed by atoms with Gasteiger partial charge in [-0.15, -0.1) is 0 Å². The second-order valence-corrected chi connectivity index (χ2v) is 6.42. The van der Waals surface area contributed by atoms with Gasteiger partial charge in [0.1, 0.15) is 0 Å². The van der Waals surface area contributed by atoms with E-state index < -0.39 is 0 Å². The van der Waals surface area contributed by atoms with E-state index in [1.165, 1.54) is 19.3 Å². The number of aromatic nitrogens is 3. The molecule has 0 saturated carbocycles. The fourth-order valence-corrected chi connectivity index (χ4v) is 3.46. The maximum Gasteiger partial charge on any atom is 0.261 e. The van der Waals surface area contributed by atoms with Gasteiger partial charge in [-0.3, -0.25) is 4.79 Å². The number of rotatable bonds is 3. The molecule has 2 saturated heterocycles. The van der Waals surface area contributed by atoms with E-state index in [0.717, 1.165) is 44.0 Å². The summed E-state index contributed by atoms with van der Waals surface area (Å²) in [7, 11) is 0. The molecule has 0 aromatic carbocycles. The minimum absolute atomic E-state index is 0.0248. The molecule has 4 heterocycles. The van der Waals surface area contributed by atoms with Crippen molar-refractivity contribution in [3.05, 3.63) is 28.8 Å². The van der Waals surface area contributed by atoms with E-state index in [2.05, 4.69) is 14.9 Å². The summed E-state index contributed by atoms with van der Waals surface area (Å²) in [5.74, 6) is 0.744. The van der Waals surface area contributed by atoms with Crippen LogP contribution < -0.4 is 10.5 Å². The van der Waals surface area contributed by atoms with Crippen LogP contribution in [0.4, 0.5) is 5.95 Å². The third-order valence-corrected chi connectivity index (χ3v) is 4.77. The van der Waals surface area contributed by atoms with E-state index in [9.17, 15) is 4.79 Å². The predicted octanol–water partition coefficient (Wildman–Crippen LogP) is 1.96. The molecular formula is C17H22N4O2. The number of nitrogens with zero attached hydrogens (tertiary/aromatic N) is 4. The van der Waals surface area contributed by atoms with E-state index in [4.69, 9.17) is 4.74 Å². The van der Waals surface area contributed by atoms with Crippen LogP contribution in [-0.4, -0.2) is 40.3 Å². The van der Waals surface area contributed by atoms with Crippen molar-refractivity contribution in [3.8, 4) is 0 Å². The molecule has 4 rings (SSSR count). The third-order valence-electron chi connectivity index (χ3n) is 4.77. The molecular weight excluding hydrogens is 292 g/mol. The minimum atomic E-state index is -0.0248. The lowest BCUT2D eigenvalue weighted by Gasteiger charge is -2.26. The maximum atomic E-state index is 12.6. The maximum absolute atomic E-state index is 12.6. The van der Waals surface area contributed by atoms with Crippen molar-refractivity contribution in [1.29, 1.82) is 0 Å². The fraction of sp³-hybridized carbons (Fsp3) is 0.588. The largest absolute Gasteiger partial charge is 0.376 e. The monoisotopic (exact) mass is 314 g/mol. The molecule has 6 nitrogen and oxygen atoms in total. The highest BCUT2D eigenvalue weighted by Crippen LogP contribution is 2.18. The number of fused-ring (bicyclic) bond motifs is 1. The molecule has 0 spiro atoms. The molecule has 23 heavy (non-hydrogen) atoms. The van der Waals surface area contributed by atoms with E-state index in [0.29, 0.717) is 11.9 Å². The van der Waals surface area contributed by atoms with Crippen LogP contribution >= 0.6 is 0 Å². The highest BCUT2D eigenvalue weighted by molar-refractivity contribution is 5.77. The summed E-state index contributed by atoms with van der Waals surface area (Å²) in [6, 6.07) is 1.92. The lowest BCUT2D eigenvalue weighted by Crippen LogP contribution is -2.31. The molecule has 0 bridgehead atoms. The lowest BCUT2D eigenvalue weighted by molar-refractivity contribution is 0.0963. The van der Waals surface area contributed by atoms with Gasteiger partial charge in [-0.05, 0) is 38.2 Å². The first-order chi connectivity index (χ1) is 11.3. The average molecular weight is 314 g/mol. The Morgan fingerprint density at radius 2 is 2.09 bits per heavy atom. The van der Waals surface area contributed by atoms with Crippen molar-refractivity contribution in [3.63, 3.8) is 0 Å². The second-order valence-electron chi connectivity index (χ2n) is 6.42. The van der Waals surface area contributed by atoms with Crippen molar-refractivity contribution in [1.82, 2.24) is 14.5 Å². The van der Waals surface area contributed by atoms with Crippen LogP contribution in [0.1, 0.15) is 32.1 Å². The molecule has 2 aromatic rings. The third kappa shape index (κ3) is 2.95. The van der Waals surface area contributed by atoms with E-state index in [-0.39, 0.29) is 11.7 Å². The van der Waals surface area contributed by atoms with E-state index >= 15 is 0 Å². The number of ether oxygens (including phenoxy) is 1. The summed E-state index contributed by atoms with van der Waals surface area (Å²) >= 11 is 0. The van der Waals surface area contributed by atoms with Gasteiger partial charge in [-0.2, -0.15) is 0 Å². The van der Waals surface area contributed by atoms with Gasteiger partial charge in [0.15, 0.2) is 0 Å². The molecule has 2 aromatic heterocycles. The first kappa shape index (κ1) is 14.6. The van der Waals surface area contributed by atoms with Crippen LogP contribution in [0.5, 0.6) is 0 Å². The minimum Gasteiger partial charge on any atom is -0.376 e. The first-order valence-electron chi connectivity index (χ1n) is 8.54. The summed E-state index contributed by atoms with van der Waals surface area (Å²) in [5.41, 5.74) is 0.706. The van der Waals surface area contributed by atoms with Gasteiger partial charge in [0.25, 0.3) is 5.56 Å². The highest BCUT2D eigenvalue weighted by atomic mass is 16.5. The summed E-state index contributed by atoms with van der Waals surface area (Å²) in [5, 5.41) is 0.589. The fourth-order valence-electron chi connectivity index (χ4n) is 3.46. The van der Waals surface area contributed by atoms with Crippen LogP contribution in [0.2, 0.25) is 0 Å². The Hall–Kier alpha value is -1.95. The Morgan fingerprint density at radius 1 is 1.22 bits per heavy atom. The van der Waals surface area contributed by atoms with Crippen molar-refractivity contribution in [2.75, 3.05) is 24.6 Å². The van der Waals surface area contributed by atoms with Gasteiger partial charge in [-0.1, -0.05) is 0 Å². The Kier molecular flexibility index (Phi) is 3.99. The van der Waals surface area contributed by atoms with Gasteiger partial charge < -0.3 is 14.2 Å². The number of hydrogen-bond donors (Lipinski definition) is 0. The molecule has 6 heteroatoms. The zero-order valence-electron chi connectivity index (χ0n) is 13.3. The van der Waals surface area contributed by atoms with Crippen LogP contribution in [0, 0.1) is 0 Å². The molecule has 122 valence electrons. The molecule has 2 aliphatic heterocycles. The molecule has 1 atom stereocenters. The van der Waals surface area contributed by atoms with Gasteiger partial charge in [-0.25, -0.2) is 9.97 Å². The van der Waals surface area contributed by atoms with Crippen LogP contribution in [0.25, 0.3) is 10.9 Å². The van der Waals surface area contributed by atoms with Crippen molar-refractivity contribution >= 4 is 16.9 Å². The number of hydrogen-bond acceptors (Lipinski definition) is 5. The van der Waals surface area contributed by atoms with Gasteiger partial charge in [0, 0.05) is 32.1 Å². The van der Waals surface area contributed by atoms with Crippen molar-refractivity contribution in [2.24, 2.45) is 0 Å². The smallest absolute Gasteiger partial charge is 0.261 e. The Labute approximate surface area is 135 Å². The van der Waals surface area contributed by atoms with Crippen LogP contribution in [0.3, 0.4) is 0 Å². The van der Waals surface area contributed by atoms with Crippen molar-refractivity contribution < 1.29 is 4.74 Å². The molecule has 0 aliphatic carbocycles. The van der Waals surface area contributed by atoms with Gasteiger partial charge >= 0.3 is 0 Å². The quantitative estimate of drug-likeness (QED) is 0.867. The zero-order chi connectivity index (χ0) is 15.6. The van der Waals surface area contributed by atoms with Gasteiger partial charge in [0.05, 0.1) is 23.6 Å².